The molecule has 1 aliphatic heterocycles. The highest BCUT2D eigenvalue weighted by Crippen LogP contribution is 2.39. The number of nitrogens with one attached hydrogen (secondary N) is 1. The molecule has 1 N–H and O–H groups in total. The van der Waals surface area contributed by atoms with E-state index in [1.165, 1.54) is 0 Å². The Labute approximate surface area is 146 Å². The van der Waals surface area contributed by atoms with Crippen molar-refractivity contribution in [2.24, 2.45) is 0 Å². The van der Waals surface area contributed by atoms with Gasteiger partial charge in [0.25, 0.3) is 5.72 Å². The minimum Gasteiger partial charge on any atom is -0.455 e. The summed E-state index contributed by atoms with van der Waals surface area (Å²) in [5, 5.41) is 3.30. The predicted molar refractivity (Wildman–Crippen MR) is 98.7 cm³/mol. The van der Waals surface area contributed by atoms with E-state index < -0.39 is 5.72 Å². The highest BCUT2D eigenvalue weighted by Gasteiger charge is 2.46. The molecule has 0 radical (unpaired) electrons. The third kappa shape index (κ3) is 2.81. The number of para-hydroxylation sites is 1. The Morgan fingerprint density at radius 3 is 1.92 bits per heavy atom. The molecule has 0 spiro atoms. The number of hydrogen-bond donors (Lipinski definition) is 1. The maximum atomic E-state index is 13.0. The van der Waals surface area contributed by atoms with Gasteiger partial charge < -0.3 is 10.1 Å². The summed E-state index contributed by atoms with van der Waals surface area (Å²) in [5.41, 5.74) is 1.21. The number of anilines is 1. The van der Waals surface area contributed by atoms with Gasteiger partial charge in [-0.05, 0) is 12.1 Å². The van der Waals surface area contributed by atoms with Gasteiger partial charge in [0.1, 0.15) is 5.76 Å². The quantitative estimate of drug-likeness (QED) is 0.761. The molecule has 4 rings (SSSR count). The lowest BCUT2D eigenvalue weighted by atomic mass is 9.98. The van der Waals surface area contributed by atoms with Crippen LogP contribution in [0.1, 0.15) is 11.1 Å². The molecule has 1 aliphatic rings. The molecule has 0 saturated heterocycles. The summed E-state index contributed by atoms with van der Waals surface area (Å²) >= 11 is 0. The van der Waals surface area contributed by atoms with Crippen molar-refractivity contribution in [3.63, 3.8) is 0 Å². The first-order valence-corrected chi connectivity index (χ1v) is 8.17. The lowest BCUT2D eigenvalue weighted by Gasteiger charge is -2.31. The minimum atomic E-state index is -1.26. The van der Waals surface area contributed by atoms with E-state index in [1.54, 1.807) is 6.08 Å². The number of ketones is 1. The molecule has 25 heavy (non-hydrogen) atoms. The molecule has 3 nitrogen and oxygen atoms in total. The van der Waals surface area contributed by atoms with E-state index in [4.69, 9.17) is 4.74 Å². The maximum Gasteiger partial charge on any atom is 0.270 e. The average molecular weight is 327 g/mol. The van der Waals surface area contributed by atoms with Gasteiger partial charge in [-0.25, -0.2) is 0 Å². The van der Waals surface area contributed by atoms with Crippen molar-refractivity contribution < 1.29 is 9.53 Å². The number of rotatable bonds is 4. The Hall–Kier alpha value is -3.33. The smallest absolute Gasteiger partial charge is 0.270 e. The van der Waals surface area contributed by atoms with Crippen LogP contribution in [0.25, 0.3) is 5.76 Å². The van der Waals surface area contributed by atoms with Crippen LogP contribution in [0.2, 0.25) is 0 Å². The zero-order valence-electron chi connectivity index (χ0n) is 13.6. The van der Waals surface area contributed by atoms with Gasteiger partial charge in [-0.2, -0.15) is 0 Å². The molecular weight excluding hydrogens is 310 g/mol. The van der Waals surface area contributed by atoms with Gasteiger partial charge in [0.2, 0.25) is 5.78 Å². The van der Waals surface area contributed by atoms with Crippen LogP contribution < -0.4 is 5.32 Å². The second-order valence-corrected chi connectivity index (χ2v) is 5.88. The predicted octanol–water partition coefficient (Wildman–Crippen LogP) is 4.59. The number of benzene rings is 3. The average Bonchev–Trinajstić information content (AvgIpc) is 3.01. The molecule has 0 unspecified atom stereocenters. The van der Waals surface area contributed by atoms with Crippen molar-refractivity contribution >= 4 is 17.2 Å². The number of carbonyl (C=O) groups is 1. The Morgan fingerprint density at radius 2 is 1.28 bits per heavy atom. The first-order chi connectivity index (χ1) is 12.3. The fourth-order valence-electron chi connectivity index (χ4n) is 2.97. The van der Waals surface area contributed by atoms with Crippen molar-refractivity contribution in [1.82, 2.24) is 0 Å². The van der Waals surface area contributed by atoms with Gasteiger partial charge in [-0.15, -0.1) is 0 Å². The second kappa shape index (κ2) is 6.29. The zero-order chi connectivity index (χ0) is 17.1. The molecule has 0 aromatic heterocycles. The van der Waals surface area contributed by atoms with E-state index >= 15 is 0 Å². The highest BCUT2D eigenvalue weighted by molar-refractivity contribution is 6.07. The summed E-state index contributed by atoms with van der Waals surface area (Å²) in [6.45, 7) is 0. The van der Waals surface area contributed by atoms with Crippen LogP contribution in [-0.2, 0) is 15.3 Å². The number of hydrogen-bond acceptors (Lipinski definition) is 3. The van der Waals surface area contributed by atoms with Crippen LogP contribution in [0.5, 0.6) is 0 Å². The Bertz CT molecular complexity index is 905. The van der Waals surface area contributed by atoms with E-state index in [-0.39, 0.29) is 5.78 Å². The molecule has 0 fully saturated rings. The standard InChI is InChI=1S/C22H17NO2/c24-21-16-20(17-10-4-1-5-11-17)25-22(21,18-12-6-2-7-13-18)23-19-14-8-3-9-15-19/h1-16,23H/t22-/m0/s1. The number of carbonyl (C=O) groups excluding carboxylic acids is 1. The first-order valence-electron chi connectivity index (χ1n) is 8.17. The van der Waals surface area contributed by atoms with Crippen molar-refractivity contribution in [3.8, 4) is 0 Å². The maximum absolute atomic E-state index is 13.0. The second-order valence-electron chi connectivity index (χ2n) is 5.88. The van der Waals surface area contributed by atoms with Gasteiger partial charge in [0.15, 0.2) is 0 Å². The van der Waals surface area contributed by atoms with Gasteiger partial charge in [0.05, 0.1) is 0 Å². The van der Waals surface area contributed by atoms with Crippen molar-refractivity contribution in [1.29, 1.82) is 0 Å². The Kier molecular flexibility index (Phi) is 3.82. The minimum absolute atomic E-state index is 0.124. The third-order valence-corrected chi connectivity index (χ3v) is 4.21. The fourth-order valence-corrected chi connectivity index (χ4v) is 2.97. The molecule has 0 saturated carbocycles. The summed E-state index contributed by atoms with van der Waals surface area (Å²) in [6, 6.07) is 28.8. The molecule has 3 aromatic rings. The van der Waals surface area contributed by atoms with Crippen molar-refractivity contribution in [2.75, 3.05) is 5.32 Å². The number of ether oxygens (including phenoxy) is 1. The SMILES string of the molecule is O=C1C=C(c2ccccc2)O[C@@]1(Nc1ccccc1)c1ccccc1. The lowest BCUT2D eigenvalue weighted by molar-refractivity contribution is -0.127. The Balaban J connectivity index is 1.77. The molecule has 3 aromatic carbocycles. The topological polar surface area (TPSA) is 38.3 Å². The summed E-state index contributed by atoms with van der Waals surface area (Å²) < 4.78 is 6.24. The van der Waals surface area contributed by atoms with Crippen LogP contribution in [0.15, 0.2) is 97.1 Å². The molecule has 0 amide bonds. The third-order valence-electron chi connectivity index (χ3n) is 4.21. The lowest BCUT2D eigenvalue weighted by Crippen LogP contribution is -2.41. The summed E-state index contributed by atoms with van der Waals surface area (Å²) in [7, 11) is 0. The zero-order valence-corrected chi connectivity index (χ0v) is 13.6. The van der Waals surface area contributed by atoms with Crippen molar-refractivity contribution in [2.45, 2.75) is 5.72 Å². The Morgan fingerprint density at radius 1 is 0.720 bits per heavy atom. The van der Waals surface area contributed by atoms with Gasteiger partial charge in [-0.1, -0.05) is 78.9 Å². The molecular formula is C22H17NO2. The normalized spacial score (nSPS) is 19.2. The molecule has 1 heterocycles. The molecule has 3 heteroatoms. The van der Waals surface area contributed by atoms with E-state index in [9.17, 15) is 4.79 Å². The summed E-state index contributed by atoms with van der Waals surface area (Å²) in [5.74, 6) is 0.444. The van der Waals surface area contributed by atoms with E-state index in [2.05, 4.69) is 5.32 Å². The molecule has 0 aliphatic carbocycles. The van der Waals surface area contributed by atoms with Gasteiger partial charge >= 0.3 is 0 Å². The first kappa shape index (κ1) is 15.2. The van der Waals surface area contributed by atoms with E-state index in [0.717, 1.165) is 16.8 Å². The molecule has 122 valence electrons. The van der Waals surface area contributed by atoms with Gasteiger partial charge in [0, 0.05) is 22.9 Å². The summed E-state index contributed by atoms with van der Waals surface area (Å²) in [6.07, 6.45) is 1.57. The van der Waals surface area contributed by atoms with Crippen LogP contribution in [0.4, 0.5) is 5.69 Å². The summed E-state index contributed by atoms with van der Waals surface area (Å²) in [4.78, 5) is 13.0. The van der Waals surface area contributed by atoms with Gasteiger partial charge in [-0.3, -0.25) is 4.79 Å². The molecule has 0 bridgehead atoms. The van der Waals surface area contributed by atoms with Crippen LogP contribution >= 0.6 is 0 Å². The molecule has 1 atom stereocenters. The van der Waals surface area contributed by atoms with E-state index in [0.29, 0.717) is 5.76 Å². The van der Waals surface area contributed by atoms with Crippen LogP contribution in [0, 0.1) is 0 Å². The largest absolute Gasteiger partial charge is 0.455 e. The van der Waals surface area contributed by atoms with E-state index in [1.807, 2.05) is 91.0 Å². The highest BCUT2D eigenvalue weighted by atomic mass is 16.5. The monoisotopic (exact) mass is 327 g/mol. The van der Waals surface area contributed by atoms with Crippen molar-refractivity contribution in [3.05, 3.63) is 108 Å². The van der Waals surface area contributed by atoms with Crippen LogP contribution in [-0.4, -0.2) is 5.78 Å². The van der Waals surface area contributed by atoms with Crippen LogP contribution in [0.3, 0.4) is 0 Å². The fraction of sp³-hybridized carbons (Fsp3) is 0.0455.